The van der Waals surface area contributed by atoms with E-state index in [-0.39, 0.29) is 0 Å². The van der Waals surface area contributed by atoms with Gasteiger partial charge in [-0.15, -0.1) is 11.3 Å². The third-order valence-corrected chi connectivity index (χ3v) is 6.52. The number of aromatic amines is 1. The lowest BCUT2D eigenvalue weighted by Gasteiger charge is -2.13. The van der Waals surface area contributed by atoms with Crippen molar-refractivity contribution in [2.75, 3.05) is 0 Å². The van der Waals surface area contributed by atoms with Crippen molar-refractivity contribution in [3.05, 3.63) is 57.6 Å². The molecule has 2 unspecified atom stereocenters. The van der Waals surface area contributed by atoms with Gasteiger partial charge in [0.15, 0.2) is 0 Å². The average Bonchev–Trinajstić information content (AvgIpc) is 3.27. The van der Waals surface area contributed by atoms with Crippen molar-refractivity contribution in [1.82, 2.24) is 15.3 Å². The van der Waals surface area contributed by atoms with Crippen molar-refractivity contribution in [1.29, 1.82) is 0 Å². The van der Waals surface area contributed by atoms with E-state index in [9.17, 15) is 0 Å². The molecule has 0 bridgehead atoms. The second kappa shape index (κ2) is 4.86. The molecule has 0 aromatic carbocycles. The molecule has 5 rings (SSSR count). The smallest absolute Gasteiger partial charge is 0.120 e. The van der Waals surface area contributed by atoms with Crippen molar-refractivity contribution in [3.63, 3.8) is 0 Å². The van der Waals surface area contributed by atoms with Crippen LogP contribution < -0.4 is 5.32 Å². The lowest BCUT2D eigenvalue weighted by Crippen LogP contribution is -2.12. The molecule has 0 spiro atoms. The summed E-state index contributed by atoms with van der Waals surface area (Å²) in [7, 11) is 0. The fraction of sp³-hybridized carbons (Fsp3) is 0.250. The molecule has 2 aromatic heterocycles. The molecule has 6 heteroatoms. The zero-order chi connectivity index (χ0) is 14.5. The Labute approximate surface area is 136 Å². The number of aliphatic imine (C=N–C) groups is 1. The predicted molar refractivity (Wildman–Crippen MR) is 92.1 cm³/mol. The Morgan fingerprint density at radius 1 is 1.32 bits per heavy atom. The summed E-state index contributed by atoms with van der Waals surface area (Å²) in [5.74, 6) is 0. The molecule has 2 aliphatic heterocycles. The van der Waals surface area contributed by atoms with Crippen LogP contribution in [0.3, 0.4) is 0 Å². The van der Waals surface area contributed by atoms with Crippen LogP contribution in [-0.4, -0.2) is 20.3 Å². The highest BCUT2D eigenvalue weighted by Gasteiger charge is 2.32. The Bertz CT molecular complexity index is 805. The van der Waals surface area contributed by atoms with Gasteiger partial charge in [-0.05, 0) is 30.8 Å². The summed E-state index contributed by atoms with van der Waals surface area (Å²) >= 11 is 3.65. The molecule has 110 valence electrons. The molecule has 0 saturated carbocycles. The second-order valence-corrected chi connectivity index (χ2v) is 7.85. The molecule has 0 amide bonds. The van der Waals surface area contributed by atoms with Gasteiger partial charge in [-0.25, -0.2) is 9.98 Å². The second-order valence-electron chi connectivity index (χ2n) is 5.60. The number of hydrogen-bond donors (Lipinski definition) is 2. The first-order valence-corrected chi connectivity index (χ1v) is 9.08. The van der Waals surface area contributed by atoms with Gasteiger partial charge in [-0.1, -0.05) is 17.8 Å². The fourth-order valence-corrected chi connectivity index (χ4v) is 5.28. The van der Waals surface area contributed by atoms with Crippen molar-refractivity contribution in [3.8, 4) is 0 Å². The third-order valence-electron chi connectivity index (χ3n) is 4.13. The number of fused-ring (bicyclic) bond motifs is 2. The standard InChI is InChI=1S/C16H14N4S2/c1-3-9(17-5-1)15-19-11-7-14-12(8-13(11)21-15)20-16(22-14)10-4-2-6-18-10/h1-3,5-7,10,13,17-18H,4,8H2. The largest absolute Gasteiger partial charge is 0.382 e. The van der Waals surface area contributed by atoms with Gasteiger partial charge in [-0.2, -0.15) is 0 Å². The van der Waals surface area contributed by atoms with Crippen LogP contribution in [0.5, 0.6) is 0 Å². The maximum Gasteiger partial charge on any atom is 0.120 e. The highest BCUT2D eigenvalue weighted by molar-refractivity contribution is 8.15. The van der Waals surface area contributed by atoms with Crippen LogP contribution >= 0.6 is 23.1 Å². The summed E-state index contributed by atoms with van der Waals surface area (Å²) in [5.41, 5.74) is 3.53. The first-order valence-electron chi connectivity index (χ1n) is 7.38. The average molecular weight is 326 g/mol. The first-order chi connectivity index (χ1) is 10.9. The molecular weight excluding hydrogens is 312 g/mol. The number of hydrogen-bond acceptors (Lipinski definition) is 5. The Balaban J connectivity index is 1.47. The van der Waals surface area contributed by atoms with E-state index in [4.69, 9.17) is 9.98 Å². The minimum Gasteiger partial charge on any atom is -0.382 e. The zero-order valence-corrected chi connectivity index (χ0v) is 13.4. The van der Waals surface area contributed by atoms with E-state index >= 15 is 0 Å². The van der Waals surface area contributed by atoms with Crippen molar-refractivity contribution >= 4 is 34.2 Å². The van der Waals surface area contributed by atoms with Gasteiger partial charge in [0.2, 0.25) is 0 Å². The van der Waals surface area contributed by atoms with E-state index in [1.807, 2.05) is 30.2 Å². The van der Waals surface area contributed by atoms with Crippen molar-refractivity contribution in [2.24, 2.45) is 4.99 Å². The van der Waals surface area contributed by atoms with Gasteiger partial charge in [0, 0.05) is 12.6 Å². The van der Waals surface area contributed by atoms with Crippen LogP contribution in [0.15, 0.2) is 41.3 Å². The van der Waals surface area contributed by atoms with Gasteiger partial charge in [0.25, 0.3) is 0 Å². The van der Waals surface area contributed by atoms with Crippen LogP contribution in [-0.2, 0) is 6.42 Å². The summed E-state index contributed by atoms with van der Waals surface area (Å²) in [4.78, 5) is 14.2. The molecule has 4 nitrogen and oxygen atoms in total. The molecule has 22 heavy (non-hydrogen) atoms. The highest BCUT2D eigenvalue weighted by Crippen LogP contribution is 2.42. The first kappa shape index (κ1) is 12.7. The Hall–Kier alpha value is -1.79. The number of nitrogens with zero attached hydrogens (tertiary/aromatic N) is 2. The topological polar surface area (TPSA) is 53.1 Å². The normalized spacial score (nSPS) is 25.5. The van der Waals surface area contributed by atoms with Gasteiger partial charge in [0.05, 0.1) is 33.3 Å². The maximum absolute atomic E-state index is 4.88. The summed E-state index contributed by atoms with van der Waals surface area (Å²) < 4.78 is 0. The summed E-state index contributed by atoms with van der Waals surface area (Å²) in [6, 6.07) is 4.45. The molecule has 3 aliphatic rings. The summed E-state index contributed by atoms with van der Waals surface area (Å²) in [5, 5.41) is 6.08. The molecule has 4 heterocycles. The Morgan fingerprint density at radius 3 is 3.14 bits per heavy atom. The molecule has 0 fully saturated rings. The summed E-state index contributed by atoms with van der Waals surface area (Å²) in [6.45, 7) is 0. The van der Waals surface area contributed by atoms with Crippen LogP contribution in [0.1, 0.15) is 33.7 Å². The SMILES string of the molecule is C1=CNC(c2nc3c(s2)C=C2N=C(c4ccc[nH]4)SC2C3)C1. The summed E-state index contributed by atoms with van der Waals surface area (Å²) in [6.07, 6.45) is 10.4. The van der Waals surface area contributed by atoms with Crippen molar-refractivity contribution in [2.45, 2.75) is 24.1 Å². The van der Waals surface area contributed by atoms with Crippen LogP contribution in [0.2, 0.25) is 0 Å². The lowest BCUT2D eigenvalue weighted by atomic mass is 10.1. The Morgan fingerprint density at radius 2 is 2.32 bits per heavy atom. The monoisotopic (exact) mass is 326 g/mol. The number of aromatic nitrogens is 2. The quantitative estimate of drug-likeness (QED) is 0.888. The van der Waals surface area contributed by atoms with E-state index in [1.165, 1.54) is 21.3 Å². The number of thioether (sulfide) groups is 1. The van der Waals surface area contributed by atoms with Crippen LogP contribution in [0.25, 0.3) is 6.08 Å². The molecule has 2 aromatic rings. The van der Waals surface area contributed by atoms with E-state index in [2.05, 4.69) is 28.5 Å². The molecule has 0 saturated heterocycles. The minimum absolute atomic E-state index is 0.361. The van der Waals surface area contributed by atoms with Gasteiger partial charge < -0.3 is 10.3 Å². The van der Waals surface area contributed by atoms with Gasteiger partial charge in [-0.3, -0.25) is 0 Å². The third kappa shape index (κ3) is 1.98. The van der Waals surface area contributed by atoms with E-state index in [0.29, 0.717) is 11.3 Å². The molecule has 0 radical (unpaired) electrons. The maximum atomic E-state index is 4.88. The van der Waals surface area contributed by atoms with Gasteiger partial charge in [0.1, 0.15) is 10.1 Å². The zero-order valence-electron chi connectivity index (χ0n) is 11.7. The highest BCUT2D eigenvalue weighted by atomic mass is 32.2. The minimum atomic E-state index is 0.361. The number of rotatable bonds is 2. The fourth-order valence-electron chi connectivity index (χ4n) is 3.00. The van der Waals surface area contributed by atoms with E-state index in [1.54, 1.807) is 11.3 Å². The van der Waals surface area contributed by atoms with Crippen molar-refractivity contribution < 1.29 is 0 Å². The molecule has 2 N–H and O–H groups in total. The number of thiazole rings is 1. The van der Waals surface area contributed by atoms with Gasteiger partial charge >= 0.3 is 0 Å². The van der Waals surface area contributed by atoms with Crippen LogP contribution in [0.4, 0.5) is 0 Å². The van der Waals surface area contributed by atoms with E-state index < -0.39 is 0 Å². The lowest BCUT2D eigenvalue weighted by molar-refractivity contribution is 0.664. The van der Waals surface area contributed by atoms with Crippen LogP contribution in [0, 0.1) is 0 Å². The predicted octanol–water partition coefficient (Wildman–Crippen LogP) is 3.48. The Kier molecular flexibility index (Phi) is 2.81. The number of nitrogens with one attached hydrogen (secondary N) is 2. The molecule has 1 aliphatic carbocycles. The molecule has 2 atom stereocenters. The number of H-pyrrole nitrogens is 1. The molecular formula is C16H14N4S2. The van der Waals surface area contributed by atoms with E-state index in [0.717, 1.165) is 23.6 Å².